The van der Waals surface area contributed by atoms with Gasteiger partial charge < -0.3 is 11.5 Å². The van der Waals surface area contributed by atoms with Gasteiger partial charge in [0.1, 0.15) is 11.5 Å². The van der Waals surface area contributed by atoms with Crippen molar-refractivity contribution in [1.82, 2.24) is 0 Å². The van der Waals surface area contributed by atoms with Crippen LogP contribution in [0.3, 0.4) is 0 Å². The fourth-order valence-corrected chi connectivity index (χ4v) is 1.24. The van der Waals surface area contributed by atoms with Crippen LogP contribution in [0, 0.1) is 5.82 Å². The fourth-order valence-electron chi connectivity index (χ4n) is 1.24. The molecule has 14 heavy (non-hydrogen) atoms. The van der Waals surface area contributed by atoms with Crippen LogP contribution in [-0.2, 0) is 6.42 Å². The SMILES string of the molecule is NCC(F)(CN)Cc1cccc(F)c1. The molecule has 0 radical (unpaired) electrons. The Balaban J connectivity index is 2.77. The second-order valence-corrected chi connectivity index (χ2v) is 3.37. The molecule has 0 atom stereocenters. The van der Waals surface area contributed by atoms with Crippen molar-refractivity contribution in [2.24, 2.45) is 11.5 Å². The summed E-state index contributed by atoms with van der Waals surface area (Å²) < 4.78 is 26.5. The molecule has 0 spiro atoms. The van der Waals surface area contributed by atoms with E-state index in [1.54, 1.807) is 6.07 Å². The number of benzene rings is 1. The normalized spacial score (nSPS) is 11.7. The van der Waals surface area contributed by atoms with Gasteiger partial charge in [-0.1, -0.05) is 12.1 Å². The molecule has 0 amide bonds. The van der Waals surface area contributed by atoms with Gasteiger partial charge in [-0.25, -0.2) is 8.78 Å². The van der Waals surface area contributed by atoms with Crippen LogP contribution in [0.4, 0.5) is 8.78 Å². The first-order valence-corrected chi connectivity index (χ1v) is 4.43. The van der Waals surface area contributed by atoms with Crippen LogP contribution < -0.4 is 11.5 Å². The summed E-state index contributed by atoms with van der Waals surface area (Å²) in [6.07, 6.45) is 0.0533. The Labute approximate surface area is 81.9 Å². The predicted molar refractivity (Wildman–Crippen MR) is 52.1 cm³/mol. The van der Waals surface area contributed by atoms with E-state index in [-0.39, 0.29) is 25.3 Å². The van der Waals surface area contributed by atoms with Gasteiger partial charge in [0.2, 0.25) is 0 Å². The van der Waals surface area contributed by atoms with E-state index in [0.29, 0.717) is 5.56 Å². The van der Waals surface area contributed by atoms with Crippen molar-refractivity contribution < 1.29 is 8.78 Å². The van der Waals surface area contributed by atoms with Gasteiger partial charge in [-0.2, -0.15) is 0 Å². The molecule has 0 bridgehead atoms. The Bertz CT molecular complexity index is 298. The Kier molecular flexibility index (Phi) is 3.55. The van der Waals surface area contributed by atoms with Crippen molar-refractivity contribution >= 4 is 0 Å². The molecule has 0 unspecified atom stereocenters. The molecule has 2 nitrogen and oxygen atoms in total. The Morgan fingerprint density at radius 2 is 1.86 bits per heavy atom. The number of halogens is 2. The summed E-state index contributed by atoms with van der Waals surface area (Å²) in [5, 5.41) is 0. The van der Waals surface area contributed by atoms with Gasteiger partial charge in [0.15, 0.2) is 0 Å². The van der Waals surface area contributed by atoms with Crippen molar-refractivity contribution in [3.63, 3.8) is 0 Å². The quantitative estimate of drug-likeness (QED) is 0.761. The van der Waals surface area contributed by atoms with Crippen LogP contribution >= 0.6 is 0 Å². The smallest absolute Gasteiger partial charge is 0.139 e. The van der Waals surface area contributed by atoms with E-state index in [1.807, 2.05) is 0 Å². The molecule has 78 valence electrons. The van der Waals surface area contributed by atoms with Crippen molar-refractivity contribution in [2.45, 2.75) is 12.1 Å². The van der Waals surface area contributed by atoms with E-state index in [1.165, 1.54) is 18.2 Å². The van der Waals surface area contributed by atoms with Crippen LogP contribution in [0.5, 0.6) is 0 Å². The molecule has 4 N–H and O–H groups in total. The Morgan fingerprint density at radius 3 is 2.36 bits per heavy atom. The summed E-state index contributed by atoms with van der Waals surface area (Å²) in [7, 11) is 0. The monoisotopic (exact) mass is 200 g/mol. The molecule has 1 rings (SSSR count). The molecule has 0 saturated carbocycles. The molecule has 0 aromatic heterocycles. The second kappa shape index (κ2) is 4.48. The highest BCUT2D eigenvalue weighted by Gasteiger charge is 2.26. The van der Waals surface area contributed by atoms with E-state index < -0.39 is 5.67 Å². The van der Waals surface area contributed by atoms with Crippen LogP contribution in [0.15, 0.2) is 24.3 Å². The standard InChI is InChI=1S/C10H14F2N2/c11-9-3-1-2-8(4-9)5-10(12,6-13)7-14/h1-4H,5-7,13-14H2. The van der Waals surface area contributed by atoms with Crippen molar-refractivity contribution in [2.75, 3.05) is 13.1 Å². The Hall–Kier alpha value is -1.00. The van der Waals surface area contributed by atoms with Crippen molar-refractivity contribution in [3.8, 4) is 0 Å². The molecule has 1 aromatic carbocycles. The van der Waals surface area contributed by atoms with Gasteiger partial charge in [-0.05, 0) is 17.7 Å². The number of alkyl halides is 1. The van der Waals surface area contributed by atoms with Gasteiger partial charge in [0.25, 0.3) is 0 Å². The average Bonchev–Trinajstić information content (AvgIpc) is 2.18. The van der Waals surface area contributed by atoms with E-state index in [9.17, 15) is 8.78 Å². The lowest BCUT2D eigenvalue weighted by Gasteiger charge is -2.21. The van der Waals surface area contributed by atoms with Crippen LogP contribution in [0.2, 0.25) is 0 Å². The molecule has 0 heterocycles. The van der Waals surface area contributed by atoms with Crippen LogP contribution in [-0.4, -0.2) is 18.8 Å². The van der Waals surface area contributed by atoms with E-state index in [4.69, 9.17) is 11.5 Å². The molecule has 1 aromatic rings. The third-order valence-corrected chi connectivity index (χ3v) is 2.14. The summed E-state index contributed by atoms with van der Waals surface area (Å²) in [6.45, 7) is -0.306. The first kappa shape index (κ1) is 11.1. The van der Waals surface area contributed by atoms with Crippen molar-refractivity contribution in [3.05, 3.63) is 35.6 Å². The number of hydrogen-bond donors (Lipinski definition) is 2. The largest absolute Gasteiger partial charge is 0.327 e. The lowest BCUT2D eigenvalue weighted by molar-refractivity contribution is 0.184. The number of rotatable bonds is 4. The zero-order valence-electron chi connectivity index (χ0n) is 7.84. The van der Waals surface area contributed by atoms with Gasteiger partial charge >= 0.3 is 0 Å². The zero-order chi connectivity index (χ0) is 10.6. The average molecular weight is 200 g/mol. The molecule has 0 aliphatic rings. The number of nitrogens with two attached hydrogens (primary N) is 2. The first-order chi connectivity index (χ1) is 6.59. The van der Waals surface area contributed by atoms with Crippen LogP contribution in [0.25, 0.3) is 0 Å². The minimum atomic E-state index is -1.63. The zero-order valence-corrected chi connectivity index (χ0v) is 7.84. The molecule has 0 aliphatic carbocycles. The molecule has 0 fully saturated rings. The minimum Gasteiger partial charge on any atom is -0.327 e. The minimum absolute atomic E-state index is 0.0533. The Morgan fingerprint density at radius 1 is 1.21 bits per heavy atom. The third-order valence-electron chi connectivity index (χ3n) is 2.14. The molecule has 0 aliphatic heterocycles. The third kappa shape index (κ3) is 2.75. The molecule has 0 saturated heterocycles. The van der Waals surface area contributed by atoms with E-state index in [0.717, 1.165) is 0 Å². The van der Waals surface area contributed by atoms with Gasteiger partial charge in [0, 0.05) is 19.5 Å². The highest BCUT2D eigenvalue weighted by atomic mass is 19.1. The van der Waals surface area contributed by atoms with Gasteiger partial charge in [-0.3, -0.25) is 0 Å². The first-order valence-electron chi connectivity index (χ1n) is 4.43. The highest BCUT2D eigenvalue weighted by Crippen LogP contribution is 2.16. The molecular formula is C10H14F2N2. The lowest BCUT2D eigenvalue weighted by Crippen LogP contribution is -2.42. The number of hydrogen-bond acceptors (Lipinski definition) is 2. The summed E-state index contributed by atoms with van der Waals surface area (Å²) in [5.74, 6) is -0.376. The summed E-state index contributed by atoms with van der Waals surface area (Å²) >= 11 is 0. The maximum Gasteiger partial charge on any atom is 0.139 e. The summed E-state index contributed by atoms with van der Waals surface area (Å²) in [5.41, 5.74) is 9.45. The van der Waals surface area contributed by atoms with E-state index in [2.05, 4.69) is 0 Å². The maximum absolute atomic E-state index is 13.7. The van der Waals surface area contributed by atoms with Gasteiger partial charge in [-0.15, -0.1) is 0 Å². The van der Waals surface area contributed by atoms with Gasteiger partial charge in [0.05, 0.1) is 0 Å². The predicted octanol–water partition coefficient (Wildman–Crippen LogP) is 0.994. The second-order valence-electron chi connectivity index (χ2n) is 3.37. The van der Waals surface area contributed by atoms with E-state index >= 15 is 0 Å². The fraction of sp³-hybridized carbons (Fsp3) is 0.400. The molecular weight excluding hydrogens is 186 g/mol. The topological polar surface area (TPSA) is 52.0 Å². The van der Waals surface area contributed by atoms with Crippen molar-refractivity contribution in [1.29, 1.82) is 0 Å². The highest BCUT2D eigenvalue weighted by molar-refractivity contribution is 5.18. The summed E-state index contributed by atoms with van der Waals surface area (Å²) in [6, 6.07) is 5.80. The maximum atomic E-state index is 13.7. The lowest BCUT2D eigenvalue weighted by atomic mass is 9.96. The van der Waals surface area contributed by atoms with Crippen LogP contribution in [0.1, 0.15) is 5.56 Å². The molecule has 4 heteroatoms. The summed E-state index contributed by atoms with van der Waals surface area (Å²) in [4.78, 5) is 0.